The van der Waals surface area contributed by atoms with Gasteiger partial charge < -0.3 is 5.32 Å². The number of unbranched alkanes of at least 4 members (excludes halogenated alkanes) is 1. The van der Waals surface area contributed by atoms with E-state index >= 15 is 0 Å². The highest BCUT2D eigenvalue weighted by Crippen LogP contribution is 2.19. The van der Waals surface area contributed by atoms with Crippen LogP contribution in [0.2, 0.25) is 0 Å². The van der Waals surface area contributed by atoms with Crippen molar-refractivity contribution in [2.24, 2.45) is 0 Å². The maximum Gasteiger partial charge on any atom is 0.161 e. The number of hydrogen-bond donors (Lipinski definition) is 1. The summed E-state index contributed by atoms with van der Waals surface area (Å²) in [6, 6.07) is 9.91. The molecule has 0 radical (unpaired) electrons. The van der Waals surface area contributed by atoms with Crippen LogP contribution in [0, 0.1) is 0 Å². The molecule has 1 aromatic carbocycles. The zero-order valence-corrected chi connectivity index (χ0v) is 12.3. The summed E-state index contributed by atoms with van der Waals surface area (Å²) in [6.07, 6.45) is 4.22. The highest BCUT2D eigenvalue weighted by molar-refractivity contribution is 5.98. The van der Waals surface area contributed by atoms with Gasteiger partial charge in [-0.3, -0.25) is 4.79 Å². The maximum atomic E-state index is 11.8. The van der Waals surface area contributed by atoms with Crippen LogP contribution in [0.5, 0.6) is 0 Å². The lowest BCUT2D eigenvalue weighted by atomic mass is 10.0. The van der Waals surface area contributed by atoms with Crippen LogP contribution in [0.4, 0.5) is 5.69 Å². The van der Waals surface area contributed by atoms with E-state index in [1.165, 1.54) is 0 Å². The van der Waals surface area contributed by atoms with E-state index in [0.29, 0.717) is 0 Å². The van der Waals surface area contributed by atoms with E-state index in [4.69, 9.17) is 0 Å². The van der Waals surface area contributed by atoms with E-state index in [9.17, 15) is 4.79 Å². The van der Waals surface area contributed by atoms with E-state index in [2.05, 4.69) is 18.3 Å². The highest BCUT2D eigenvalue weighted by Gasteiger charge is 2.10. The van der Waals surface area contributed by atoms with Gasteiger partial charge in [-0.1, -0.05) is 37.6 Å². The minimum absolute atomic E-state index is 0.103. The number of hydrogen-bond acceptors (Lipinski definition) is 2. The first-order chi connectivity index (χ1) is 9.06. The quantitative estimate of drug-likeness (QED) is 0.590. The third kappa shape index (κ3) is 4.74. The Hall–Kier alpha value is -1.83. The van der Waals surface area contributed by atoms with Crippen LogP contribution in [-0.2, 0) is 4.79 Å². The zero-order chi connectivity index (χ0) is 14.3. The highest BCUT2D eigenvalue weighted by atomic mass is 16.1. The molecule has 2 heteroatoms. The Morgan fingerprint density at radius 1 is 1.16 bits per heavy atom. The SMILES string of the molecule is CCC/C=C(C)/C(C(C)=O)=C(/C)Nc1ccccc1. The van der Waals surface area contributed by atoms with Gasteiger partial charge >= 0.3 is 0 Å². The first-order valence-corrected chi connectivity index (χ1v) is 6.77. The van der Waals surface area contributed by atoms with Crippen molar-refractivity contribution in [2.75, 3.05) is 5.32 Å². The van der Waals surface area contributed by atoms with Crippen LogP contribution in [-0.4, -0.2) is 5.78 Å². The molecule has 0 amide bonds. The van der Waals surface area contributed by atoms with Gasteiger partial charge in [0.25, 0.3) is 0 Å². The van der Waals surface area contributed by atoms with Gasteiger partial charge in [0.1, 0.15) is 0 Å². The van der Waals surface area contributed by atoms with Crippen molar-refractivity contribution >= 4 is 11.5 Å². The molecule has 0 aromatic heterocycles. The Bertz CT molecular complexity index is 483. The molecule has 0 fully saturated rings. The van der Waals surface area contributed by atoms with Crippen molar-refractivity contribution in [3.05, 3.63) is 53.3 Å². The molecule has 102 valence electrons. The molecule has 0 heterocycles. The van der Waals surface area contributed by atoms with Crippen molar-refractivity contribution in [3.8, 4) is 0 Å². The van der Waals surface area contributed by atoms with Gasteiger partial charge in [0, 0.05) is 17.0 Å². The molecule has 0 saturated heterocycles. The molecule has 0 spiro atoms. The molecule has 1 aromatic rings. The average Bonchev–Trinajstić information content (AvgIpc) is 2.37. The Morgan fingerprint density at radius 2 is 1.79 bits per heavy atom. The Morgan fingerprint density at radius 3 is 2.32 bits per heavy atom. The van der Waals surface area contributed by atoms with Gasteiger partial charge in [-0.2, -0.15) is 0 Å². The topological polar surface area (TPSA) is 29.1 Å². The number of benzene rings is 1. The predicted octanol–water partition coefficient (Wildman–Crippen LogP) is 4.71. The lowest BCUT2D eigenvalue weighted by Gasteiger charge is -2.13. The Kier molecular flexibility index (Phi) is 6.07. The summed E-state index contributed by atoms with van der Waals surface area (Å²) in [5, 5.41) is 3.30. The molecule has 0 aliphatic carbocycles. The average molecular weight is 257 g/mol. The molecule has 0 atom stereocenters. The summed E-state index contributed by atoms with van der Waals surface area (Å²) < 4.78 is 0. The molecule has 1 rings (SSSR count). The number of nitrogens with one attached hydrogen (secondary N) is 1. The summed E-state index contributed by atoms with van der Waals surface area (Å²) in [5.41, 5.74) is 3.75. The fourth-order valence-electron chi connectivity index (χ4n) is 2.10. The lowest BCUT2D eigenvalue weighted by molar-refractivity contribution is -0.113. The first kappa shape index (κ1) is 15.2. The van der Waals surface area contributed by atoms with Crippen molar-refractivity contribution < 1.29 is 4.79 Å². The van der Waals surface area contributed by atoms with E-state index in [1.54, 1.807) is 6.92 Å². The number of allylic oxidation sites excluding steroid dienone is 4. The normalized spacial score (nSPS) is 12.9. The monoisotopic (exact) mass is 257 g/mol. The fraction of sp³-hybridized carbons (Fsp3) is 0.353. The smallest absolute Gasteiger partial charge is 0.161 e. The minimum atomic E-state index is 0.103. The number of carbonyl (C=O) groups is 1. The molecule has 0 aliphatic rings. The first-order valence-electron chi connectivity index (χ1n) is 6.77. The maximum absolute atomic E-state index is 11.8. The molecular weight excluding hydrogens is 234 g/mol. The van der Waals surface area contributed by atoms with Crippen LogP contribution < -0.4 is 5.32 Å². The van der Waals surface area contributed by atoms with Crippen molar-refractivity contribution in [3.63, 3.8) is 0 Å². The second-order valence-electron chi connectivity index (χ2n) is 4.72. The summed E-state index contributed by atoms with van der Waals surface area (Å²) in [7, 11) is 0. The number of rotatable bonds is 6. The molecule has 0 saturated carbocycles. The molecule has 0 bridgehead atoms. The standard InChI is InChI=1S/C17H23NO/c1-5-6-10-13(2)17(15(4)19)14(3)18-16-11-8-7-9-12-16/h7-12,18H,5-6H2,1-4H3/b13-10+,17-14+. The van der Waals surface area contributed by atoms with Crippen molar-refractivity contribution in [1.29, 1.82) is 0 Å². The number of carbonyl (C=O) groups excluding carboxylic acids is 1. The molecule has 19 heavy (non-hydrogen) atoms. The van der Waals surface area contributed by atoms with Gasteiger partial charge in [-0.25, -0.2) is 0 Å². The number of anilines is 1. The van der Waals surface area contributed by atoms with Gasteiger partial charge in [-0.05, 0) is 44.9 Å². The van der Waals surface area contributed by atoms with Gasteiger partial charge in [0.2, 0.25) is 0 Å². The summed E-state index contributed by atoms with van der Waals surface area (Å²) in [4.78, 5) is 11.8. The summed E-state index contributed by atoms with van der Waals surface area (Å²) >= 11 is 0. The van der Waals surface area contributed by atoms with Crippen LogP contribution in [0.1, 0.15) is 40.5 Å². The van der Waals surface area contributed by atoms with Crippen LogP contribution in [0.3, 0.4) is 0 Å². The zero-order valence-electron chi connectivity index (χ0n) is 12.3. The van der Waals surface area contributed by atoms with E-state index in [-0.39, 0.29) is 5.78 Å². The summed E-state index contributed by atoms with van der Waals surface area (Å²) in [6.45, 7) is 7.71. The van der Waals surface area contributed by atoms with Crippen molar-refractivity contribution in [2.45, 2.75) is 40.5 Å². The molecule has 0 unspecified atom stereocenters. The largest absolute Gasteiger partial charge is 0.359 e. The Labute approximate surface area is 116 Å². The van der Waals surface area contributed by atoms with Gasteiger partial charge in [0.05, 0.1) is 0 Å². The second-order valence-corrected chi connectivity index (χ2v) is 4.72. The third-order valence-corrected chi connectivity index (χ3v) is 2.97. The van der Waals surface area contributed by atoms with Gasteiger partial charge in [0.15, 0.2) is 5.78 Å². The van der Waals surface area contributed by atoms with Gasteiger partial charge in [-0.15, -0.1) is 0 Å². The fourth-order valence-corrected chi connectivity index (χ4v) is 2.10. The summed E-state index contributed by atoms with van der Waals surface area (Å²) in [5.74, 6) is 0.103. The van der Waals surface area contributed by atoms with E-state index in [1.807, 2.05) is 44.2 Å². The number of para-hydroxylation sites is 1. The van der Waals surface area contributed by atoms with Crippen molar-refractivity contribution in [1.82, 2.24) is 0 Å². The number of Topliss-reactive ketones (excluding diaryl/α,β-unsaturated/α-hetero) is 1. The second kappa shape index (κ2) is 7.57. The molecule has 1 N–H and O–H groups in total. The van der Waals surface area contributed by atoms with Crippen LogP contribution in [0.25, 0.3) is 0 Å². The van der Waals surface area contributed by atoms with Crippen LogP contribution >= 0.6 is 0 Å². The molecular formula is C17H23NO. The minimum Gasteiger partial charge on any atom is -0.359 e. The predicted molar refractivity (Wildman–Crippen MR) is 82.1 cm³/mol. The van der Waals surface area contributed by atoms with E-state index in [0.717, 1.165) is 35.4 Å². The third-order valence-electron chi connectivity index (χ3n) is 2.97. The molecule has 0 aliphatic heterocycles. The van der Waals surface area contributed by atoms with Crippen LogP contribution in [0.15, 0.2) is 53.3 Å². The number of ketones is 1. The van der Waals surface area contributed by atoms with E-state index < -0.39 is 0 Å². The Balaban J connectivity index is 3.02. The lowest BCUT2D eigenvalue weighted by Crippen LogP contribution is -2.08. The molecule has 2 nitrogen and oxygen atoms in total.